The maximum Gasteiger partial charge on any atom is 0.409 e. The Balaban J connectivity index is 1.54. The van der Waals surface area contributed by atoms with E-state index in [0.29, 0.717) is 24.7 Å². The molecule has 1 aromatic carbocycles. The third kappa shape index (κ3) is 10.2. The molecule has 0 bridgehead atoms. The molecule has 12 heteroatoms. The molecular formula is C33H46N6O6. The van der Waals surface area contributed by atoms with Crippen molar-refractivity contribution in [2.24, 2.45) is 0 Å². The number of nitrogens with one attached hydrogen (secondary N) is 2. The normalized spacial score (nSPS) is 16.4. The van der Waals surface area contributed by atoms with Crippen LogP contribution in [0.25, 0.3) is 11.4 Å². The van der Waals surface area contributed by atoms with Crippen LogP contribution in [0, 0.1) is 0 Å². The Morgan fingerprint density at radius 1 is 0.956 bits per heavy atom. The second kappa shape index (κ2) is 15.7. The van der Waals surface area contributed by atoms with Crippen molar-refractivity contribution in [2.75, 3.05) is 38.1 Å². The predicted molar refractivity (Wildman–Crippen MR) is 169 cm³/mol. The Morgan fingerprint density at radius 3 is 2.27 bits per heavy atom. The molecule has 1 unspecified atom stereocenters. The Bertz CT molecular complexity index is 1320. The number of benzene rings is 1. The number of amides is 3. The monoisotopic (exact) mass is 622 g/mol. The Kier molecular flexibility index (Phi) is 11.7. The van der Waals surface area contributed by atoms with Gasteiger partial charge in [0, 0.05) is 50.3 Å². The molecule has 2 fully saturated rings. The van der Waals surface area contributed by atoms with Crippen molar-refractivity contribution in [1.29, 1.82) is 0 Å². The van der Waals surface area contributed by atoms with Gasteiger partial charge >= 0.3 is 12.1 Å². The first-order valence-corrected chi connectivity index (χ1v) is 16.0. The summed E-state index contributed by atoms with van der Waals surface area (Å²) in [5, 5.41) is 6.34. The fraction of sp³-hybridized carbons (Fsp3) is 0.576. The highest BCUT2D eigenvalue weighted by molar-refractivity contribution is 5.97. The van der Waals surface area contributed by atoms with E-state index in [2.05, 4.69) is 15.6 Å². The molecule has 2 heterocycles. The van der Waals surface area contributed by atoms with Crippen molar-refractivity contribution in [3.8, 4) is 11.4 Å². The summed E-state index contributed by atoms with van der Waals surface area (Å²) >= 11 is 0. The van der Waals surface area contributed by atoms with Crippen LogP contribution >= 0.6 is 0 Å². The molecule has 45 heavy (non-hydrogen) atoms. The van der Waals surface area contributed by atoms with Gasteiger partial charge in [-0.25, -0.2) is 14.8 Å². The smallest absolute Gasteiger partial charge is 0.409 e. The standard InChI is InChI=1S/C33H46N6O6/c1-5-44-32(43)39-20-18-38(19-21-39)31(42)25(16-17-28(40)45-33(2,3)4)36-30(41)26-22-27(34-24-14-10-7-11-15-24)37-29(35-26)23-12-8-6-9-13-23/h6,8-9,12-13,22,24-25H,5,7,10-11,14-21H2,1-4H3,(H,36,41)(H,34,35,37). The van der Waals surface area contributed by atoms with E-state index in [1.165, 1.54) is 6.42 Å². The SMILES string of the molecule is CCOC(=O)N1CCN(C(=O)C(CCC(=O)OC(C)(C)C)NC(=O)c2cc(NC3CCCCC3)nc(-c3ccccc3)n2)CC1. The zero-order valence-corrected chi connectivity index (χ0v) is 26.8. The van der Waals surface area contributed by atoms with E-state index in [9.17, 15) is 19.2 Å². The second-order valence-electron chi connectivity index (χ2n) is 12.5. The van der Waals surface area contributed by atoms with Gasteiger partial charge in [-0.2, -0.15) is 0 Å². The Morgan fingerprint density at radius 2 is 1.62 bits per heavy atom. The number of hydrogen-bond acceptors (Lipinski definition) is 9. The van der Waals surface area contributed by atoms with Crippen LogP contribution in [0.3, 0.4) is 0 Å². The quantitative estimate of drug-likeness (QED) is 0.368. The van der Waals surface area contributed by atoms with Crippen LogP contribution in [0.4, 0.5) is 10.6 Å². The van der Waals surface area contributed by atoms with Gasteiger partial charge in [-0.15, -0.1) is 0 Å². The van der Waals surface area contributed by atoms with E-state index in [0.717, 1.165) is 31.2 Å². The van der Waals surface area contributed by atoms with E-state index < -0.39 is 29.6 Å². The number of nitrogens with zero attached hydrogens (tertiary/aromatic N) is 4. The van der Waals surface area contributed by atoms with Gasteiger partial charge < -0.3 is 29.9 Å². The number of carbonyl (C=O) groups is 4. The van der Waals surface area contributed by atoms with Gasteiger partial charge in [0.1, 0.15) is 23.2 Å². The van der Waals surface area contributed by atoms with Gasteiger partial charge in [-0.1, -0.05) is 49.6 Å². The molecule has 1 aliphatic heterocycles. The van der Waals surface area contributed by atoms with Crippen LogP contribution in [-0.2, 0) is 19.1 Å². The van der Waals surface area contributed by atoms with E-state index in [1.807, 2.05) is 30.3 Å². The highest BCUT2D eigenvalue weighted by Gasteiger charge is 2.32. The summed E-state index contributed by atoms with van der Waals surface area (Å²) in [6, 6.07) is 10.3. The van der Waals surface area contributed by atoms with Crippen LogP contribution < -0.4 is 10.6 Å². The van der Waals surface area contributed by atoms with Gasteiger partial charge in [-0.3, -0.25) is 14.4 Å². The third-order valence-corrected chi connectivity index (χ3v) is 7.73. The molecule has 1 aliphatic carbocycles. The van der Waals surface area contributed by atoms with Gasteiger partial charge in [-0.05, 0) is 47.0 Å². The number of anilines is 1. The highest BCUT2D eigenvalue weighted by Crippen LogP contribution is 2.24. The van der Waals surface area contributed by atoms with Crippen molar-refractivity contribution in [1.82, 2.24) is 25.1 Å². The molecule has 0 spiro atoms. The largest absolute Gasteiger partial charge is 0.460 e. The molecule has 0 radical (unpaired) electrons. The minimum absolute atomic E-state index is 0.0430. The van der Waals surface area contributed by atoms with Crippen LogP contribution in [0.5, 0.6) is 0 Å². The molecule has 12 nitrogen and oxygen atoms in total. The lowest BCUT2D eigenvalue weighted by molar-refractivity contribution is -0.155. The summed E-state index contributed by atoms with van der Waals surface area (Å²) < 4.78 is 10.5. The number of esters is 1. The zero-order chi connectivity index (χ0) is 32.4. The number of rotatable bonds is 10. The minimum atomic E-state index is -1.01. The van der Waals surface area contributed by atoms with Gasteiger partial charge in [0.15, 0.2) is 5.82 Å². The van der Waals surface area contributed by atoms with E-state index in [-0.39, 0.29) is 50.2 Å². The average molecular weight is 623 g/mol. The summed E-state index contributed by atoms with van der Waals surface area (Å²) in [4.78, 5) is 64.7. The van der Waals surface area contributed by atoms with E-state index in [4.69, 9.17) is 14.5 Å². The molecule has 1 atom stereocenters. The summed E-state index contributed by atoms with van der Waals surface area (Å²) in [5.41, 5.74) is 0.194. The molecule has 2 aromatic rings. The first-order chi connectivity index (χ1) is 21.5. The van der Waals surface area contributed by atoms with E-state index >= 15 is 0 Å². The summed E-state index contributed by atoms with van der Waals surface area (Å²) in [5.74, 6) is -0.405. The summed E-state index contributed by atoms with van der Waals surface area (Å²) in [6.07, 6.45) is 5.09. The molecular weight excluding hydrogens is 576 g/mol. The fourth-order valence-electron chi connectivity index (χ4n) is 5.50. The summed E-state index contributed by atoms with van der Waals surface area (Å²) in [7, 11) is 0. The van der Waals surface area contributed by atoms with Gasteiger partial charge in [0.05, 0.1) is 6.61 Å². The van der Waals surface area contributed by atoms with Crippen molar-refractivity contribution < 1.29 is 28.7 Å². The van der Waals surface area contributed by atoms with Crippen molar-refractivity contribution in [3.63, 3.8) is 0 Å². The zero-order valence-electron chi connectivity index (χ0n) is 26.8. The van der Waals surface area contributed by atoms with Crippen LogP contribution in [-0.4, -0.2) is 94.1 Å². The number of ether oxygens (including phenoxy) is 2. The first-order valence-electron chi connectivity index (χ1n) is 16.0. The average Bonchev–Trinajstić information content (AvgIpc) is 3.02. The number of hydrogen-bond donors (Lipinski definition) is 2. The van der Waals surface area contributed by atoms with E-state index in [1.54, 1.807) is 43.6 Å². The first kappa shape index (κ1) is 33.7. The second-order valence-corrected chi connectivity index (χ2v) is 12.5. The molecule has 3 amide bonds. The maximum absolute atomic E-state index is 13.8. The lowest BCUT2D eigenvalue weighted by Gasteiger charge is -2.36. The van der Waals surface area contributed by atoms with Crippen molar-refractivity contribution in [3.05, 3.63) is 42.1 Å². The van der Waals surface area contributed by atoms with Crippen molar-refractivity contribution in [2.45, 2.75) is 90.3 Å². The van der Waals surface area contributed by atoms with Crippen molar-refractivity contribution >= 4 is 29.7 Å². The Hall–Kier alpha value is -4.22. The predicted octanol–water partition coefficient (Wildman–Crippen LogP) is 4.41. The molecule has 1 saturated heterocycles. The molecule has 2 aliphatic rings. The summed E-state index contributed by atoms with van der Waals surface area (Å²) in [6.45, 7) is 8.49. The van der Waals surface area contributed by atoms with Gasteiger partial charge in [0.25, 0.3) is 5.91 Å². The third-order valence-electron chi connectivity index (χ3n) is 7.73. The van der Waals surface area contributed by atoms with Crippen LogP contribution in [0.1, 0.15) is 83.1 Å². The number of carbonyl (C=O) groups excluding carboxylic acids is 4. The molecule has 2 N–H and O–H groups in total. The lowest BCUT2D eigenvalue weighted by Crippen LogP contribution is -2.56. The van der Waals surface area contributed by atoms with Gasteiger partial charge in [0.2, 0.25) is 5.91 Å². The van der Waals surface area contributed by atoms with Crippen LogP contribution in [0.15, 0.2) is 36.4 Å². The Labute approximate surface area is 265 Å². The van der Waals surface area contributed by atoms with Crippen LogP contribution in [0.2, 0.25) is 0 Å². The topological polar surface area (TPSA) is 143 Å². The maximum atomic E-state index is 13.8. The molecule has 1 saturated carbocycles. The lowest BCUT2D eigenvalue weighted by atomic mass is 9.95. The molecule has 244 valence electrons. The number of aromatic nitrogens is 2. The highest BCUT2D eigenvalue weighted by atomic mass is 16.6. The minimum Gasteiger partial charge on any atom is -0.460 e. The fourth-order valence-corrected chi connectivity index (χ4v) is 5.50. The number of piperazine rings is 1. The molecule has 4 rings (SSSR count). The molecule has 1 aromatic heterocycles.